The normalized spacial score (nSPS) is 15.1. The SMILES string of the molecule is CC[C@H](C(=O)NC1CCCCC1)N(Cc1ccc(F)cc1)C(=O)COc1ccc(I)cc1. The Kier molecular flexibility index (Phi) is 9.32. The van der Waals surface area contributed by atoms with Gasteiger partial charge in [-0.3, -0.25) is 9.59 Å². The van der Waals surface area contributed by atoms with Gasteiger partial charge in [0, 0.05) is 16.2 Å². The van der Waals surface area contributed by atoms with Crippen molar-refractivity contribution in [1.82, 2.24) is 10.2 Å². The van der Waals surface area contributed by atoms with Crippen LogP contribution in [0.25, 0.3) is 0 Å². The molecule has 1 aliphatic carbocycles. The highest BCUT2D eigenvalue weighted by atomic mass is 127. The Morgan fingerprint density at radius 3 is 2.38 bits per heavy atom. The molecule has 0 heterocycles. The third kappa shape index (κ3) is 7.18. The number of hydrogen-bond donors (Lipinski definition) is 1. The lowest BCUT2D eigenvalue weighted by Crippen LogP contribution is -2.52. The van der Waals surface area contributed by atoms with Crippen molar-refractivity contribution >= 4 is 34.4 Å². The van der Waals surface area contributed by atoms with E-state index >= 15 is 0 Å². The van der Waals surface area contributed by atoms with Gasteiger partial charge in [0.25, 0.3) is 5.91 Å². The molecule has 172 valence electrons. The van der Waals surface area contributed by atoms with Gasteiger partial charge in [-0.1, -0.05) is 38.3 Å². The predicted molar refractivity (Wildman–Crippen MR) is 131 cm³/mol. The van der Waals surface area contributed by atoms with Gasteiger partial charge in [0.2, 0.25) is 5.91 Å². The molecule has 0 saturated heterocycles. The van der Waals surface area contributed by atoms with Crippen molar-refractivity contribution < 1.29 is 18.7 Å². The van der Waals surface area contributed by atoms with Gasteiger partial charge in [0.1, 0.15) is 17.6 Å². The second kappa shape index (κ2) is 12.2. The first-order valence-electron chi connectivity index (χ1n) is 11.2. The minimum atomic E-state index is -0.616. The number of nitrogens with one attached hydrogen (secondary N) is 1. The third-order valence-corrected chi connectivity index (χ3v) is 6.50. The topological polar surface area (TPSA) is 58.6 Å². The van der Waals surface area contributed by atoms with E-state index in [9.17, 15) is 14.0 Å². The fourth-order valence-electron chi connectivity index (χ4n) is 4.01. The molecule has 3 rings (SSSR count). The zero-order chi connectivity index (χ0) is 22.9. The molecule has 1 fully saturated rings. The largest absolute Gasteiger partial charge is 0.484 e. The van der Waals surface area contributed by atoms with Crippen LogP contribution in [0, 0.1) is 9.39 Å². The molecule has 1 saturated carbocycles. The first kappa shape index (κ1) is 24.5. The number of carbonyl (C=O) groups is 2. The molecule has 2 aromatic carbocycles. The van der Waals surface area contributed by atoms with Crippen molar-refractivity contribution in [3.05, 3.63) is 63.5 Å². The molecule has 1 aliphatic rings. The van der Waals surface area contributed by atoms with Gasteiger partial charge in [0.05, 0.1) is 0 Å². The van der Waals surface area contributed by atoms with Crippen molar-refractivity contribution in [3.63, 3.8) is 0 Å². The van der Waals surface area contributed by atoms with Gasteiger partial charge in [-0.2, -0.15) is 0 Å². The summed E-state index contributed by atoms with van der Waals surface area (Å²) in [4.78, 5) is 27.9. The Hall–Kier alpha value is -2.16. The van der Waals surface area contributed by atoms with E-state index < -0.39 is 6.04 Å². The quantitative estimate of drug-likeness (QED) is 0.443. The highest BCUT2D eigenvalue weighted by molar-refractivity contribution is 14.1. The Bertz CT molecular complexity index is 883. The first-order chi connectivity index (χ1) is 15.5. The van der Waals surface area contributed by atoms with E-state index in [1.54, 1.807) is 17.0 Å². The number of amides is 2. The van der Waals surface area contributed by atoms with Crippen LogP contribution in [0.3, 0.4) is 0 Å². The molecule has 0 bridgehead atoms. The molecular weight excluding hydrogens is 522 g/mol. The summed E-state index contributed by atoms with van der Waals surface area (Å²) < 4.78 is 20.1. The van der Waals surface area contributed by atoms with Crippen LogP contribution in [0.4, 0.5) is 4.39 Å². The second-order valence-electron chi connectivity index (χ2n) is 8.16. The number of nitrogens with zero attached hydrogens (tertiary/aromatic N) is 1. The maximum absolute atomic E-state index is 13.4. The predicted octanol–water partition coefficient (Wildman–Crippen LogP) is 5.07. The van der Waals surface area contributed by atoms with Gasteiger partial charge < -0.3 is 15.0 Å². The molecule has 0 radical (unpaired) electrons. The number of rotatable bonds is 9. The Morgan fingerprint density at radius 2 is 1.75 bits per heavy atom. The van der Waals surface area contributed by atoms with Crippen molar-refractivity contribution in [3.8, 4) is 5.75 Å². The molecule has 0 spiro atoms. The van der Waals surface area contributed by atoms with Crippen LogP contribution >= 0.6 is 22.6 Å². The highest BCUT2D eigenvalue weighted by Crippen LogP contribution is 2.20. The van der Waals surface area contributed by atoms with Crippen LogP contribution in [0.15, 0.2) is 48.5 Å². The van der Waals surface area contributed by atoms with Crippen molar-refractivity contribution in [2.24, 2.45) is 0 Å². The fraction of sp³-hybridized carbons (Fsp3) is 0.440. The molecule has 1 atom stereocenters. The molecule has 0 unspecified atom stereocenters. The summed E-state index contributed by atoms with van der Waals surface area (Å²) in [7, 11) is 0. The molecule has 32 heavy (non-hydrogen) atoms. The Balaban J connectivity index is 1.73. The van der Waals surface area contributed by atoms with E-state index in [0.29, 0.717) is 12.2 Å². The van der Waals surface area contributed by atoms with Gasteiger partial charge in [-0.25, -0.2) is 4.39 Å². The number of ether oxygens (including phenoxy) is 1. The lowest BCUT2D eigenvalue weighted by molar-refractivity contribution is -0.143. The van der Waals surface area contributed by atoms with E-state index in [4.69, 9.17) is 4.74 Å². The maximum Gasteiger partial charge on any atom is 0.261 e. The molecule has 2 amide bonds. The number of hydrogen-bond acceptors (Lipinski definition) is 3. The molecule has 0 aliphatic heterocycles. The van der Waals surface area contributed by atoms with E-state index in [0.717, 1.165) is 34.8 Å². The summed E-state index contributed by atoms with van der Waals surface area (Å²) in [6.45, 7) is 1.94. The first-order valence-corrected chi connectivity index (χ1v) is 12.3. The zero-order valence-corrected chi connectivity index (χ0v) is 20.5. The summed E-state index contributed by atoms with van der Waals surface area (Å²) in [6, 6.07) is 13.0. The van der Waals surface area contributed by atoms with E-state index in [-0.39, 0.29) is 36.8 Å². The van der Waals surface area contributed by atoms with Gasteiger partial charge in [-0.05, 0) is 83.8 Å². The maximum atomic E-state index is 13.4. The van der Waals surface area contributed by atoms with E-state index in [2.05, 4.69) is 27.9 Å². The van der Waals surface area contributed by atoms with Gasteiger partial charge in [0.15, 0.2) is 6.61 Å². The third-order valence-electron chi connectivity index (χ3n) is 5.78. The molecule has 0 aromatic heterocycles. The number of halogens is 2. The van der Waals surface area contributed by atoms with Gasteiger partial charge in [-0.15, -0.1) is 0 Å². The second-order valence-corrected chi connectivity index (χ2v) is 9.40. The highest BCUT2D eigenvalue weighted by Gasteiger charge is 2.30. The Morgan fingerprint density at radius 1 is 1.09 bits per heavy atom. The van der Waals surface area contributed by atoms with Crippen LogP contribution in [0.2, 0.25) is 0 Å². The summed E-state index contributed by atoms with van der Waals surface area (Å²) in [5, 5.41) is 3.15. The zero-order valence-electron chi connectivity index (χ0n) is 18.4. The minimum Gasteiger partial charge on any atom is -0.484 e. The van der Waals surface area contributed by atoms with Crippen molar-refractivity contribution in [1.29, 1.82) is 0 Å². The van der Waals surface area contributed by atoms with Crippen LogP contribution < -0.4 is 10.1 Å². The average Bonchev–Trinajstić information content (AvgIpc) is 2.80. The van der Waals surface area contributed by atoms with Gasteiger partial charge >= 0.3 is 0 Å². The lowest BCUT2D eigenvalue weighted by atomic mass is 9.95. The van der Waals surface area contributed by atoms with Crippen LogP contribution in [-0.2, 0) is 16.1 Å². The number of benzene rings is 2. The number of carbonyl (C=O) groups excluding carboxylic acids is 2. The Labute approximate surface area is 202 Å². The molecule has 1 N–H and O–H groups in total. The molecule has 5 nitrogen and oxygen atoms in total. The van der Waals surface area contributed by atoms with E-state index in [1.165, 1.54) is 18.6 Å². The lowest BCUT2D eigenvalue weighted by Gasteiger charge is -2.32. The standard InChI is InChI=1S/C25H30FIN2O3/c1-2-23(25(31)28-21-6-4-3-5-7-21)29(16-18-8-10-19(26)11-9-18)24(30)17-32-22-14-12-20(27)13-15-22/h8-15,21,23H,2-7,16-17H2,1H3,(H,28,31)/t23-/m1/s1. The monoisotopic (exact) mass is 552 g/mol. The summed E-state index contributed by atoms with van der Waals surface area (Å²) in [5.41, 5.74) is 0.762. The summed E-state index contributed by atoms with van der Waals surface area (Å²) >= 11 is 2.20. The molecule has 2 aromatic rings. The smallest absolute Gasteiger partial charge is 0.261 e. The summed E-state index contributed by atoms with van der Waals surface area (Å²) in [5.74, 6) is -0.154. The van der Waals surface area contributed by atoms with E-state index in [1.807, 2.05) is 31.2 Å². The van der Waals surface area contributed by atoms with Crippen LogP contribution in [0.1, 0.15) is 51.0 Å². The van der Waals surface area contributed by atoms with Crippen molar-refractivity contribution in [2.45, 2.75) is 64.1 Å². The average molecular weight is 552 g/mol. The van der Waals surface area contributed by atoms with Crippen molar-refractivity contribution in [2.75, 3.05) is 6.61 Å². The minimum absolute atomic E-state index is 0.135. The molecule has 7 heteroatoms. The van der Waals surface area contributed by atoms with Crippen LogP contribution in [-0.4, -0.2) is 35.4 Å². The summed E-state index contributed by atoms with van der Waals surface area (Å²) in [6.07, 6.45) is 5.87. The fourth-order valence-corrected chi connectivity index (χ4v) is 4.37. The molecular formula is C25H30FIN2O3. The van der Waals surface area contributed by atoms with Crippen LogP contribution in [0.5, 0.6) is 5.75 Å².